The van der Waals surface area contributed by atoms with E-state index in [0.29, 0.717) is 0 Å². The molecule has 13 heavy (non-hydrogen) atoms. The molecule has 0 aliphatic rings. The maximum Gasteiger partial charge on any atom is 0.150 e. The SMILES string of the molecule is C=CN=Cc1nccn1C.CCC. The van der Waals surface area contributed by atoms with Gasteiger partial charge in [-0.05, 0) is 0 Å². The van der Waals surface area contributed by atoms with Crippen molar-refractivity contribution in [3.63, 3.8) is 0 Å². The summed E-state index contributed by atoms with van der Waals surface area (Å²) in [6.07, 6.45) is 7.98. The molecule has 0 atom stereocenters. The van der Waals surface area contributed by atoms with Crippen LogP contribution in [-0.4, -0.2) is 15.8 Å². The van der Waals surface area contributed by atoms with Crippen molar-refractivity contribution in [3.8, 4) is 0 Å². The van der Waals surface area contributed by atoms with Crippen LogP contribution in [0.2, 0.25) is 0 Å². The molecule has 1 aromatic rings. The molecule has 0 fully saturated rings. The van der Waals surface area contributed by atoms with E-state index < -0.39 is 0 Å². The number of hydrogen-bond acceptors (Lipinski definition) is 2. The van der Waals surface area contributed by atoms with Crippen LogP contribution in [-0.2, 0) is 7.05 Å². The summed E-state index contributed by atoms with van der Waals surface area (Å²) in [6, 6.07) is 0. The molecule has 1 heterocycles. The Balaban J connectivity index is 0.000000424. The summed E-state index contributed by atoms with van der Waals surface area (Å²) < 4.78 is 1.88. The minimum atomic E-state index is 0.833. The van der Waals surface area contributed by atoms with Crippen LogP contribution in [0, 0.1) is 0 Å². The van der Waals surface area contributed by atoms with Crippen LogP contribution in [0.5, 0.6) is 0 Å². The normalized spacial score (nSPS) is 9.46. The second-order valence-corrected chi connectivity index (χ2v) is 2.56. The van der Waals surface area contributed by atoms with E-state index in [4.69, 9.17) is 0 Å². The highest BCUT2D eigenvalue weighted by molar-refractivity contribution is 5.75. The molecule has 0 aromatic carbocycles. The fraction of sp³-hybridized carbons (Fsp3) is 0.400. The zero-order chi connectivity index (χ0) is 10.1. The van der Waals surface area contributed by atoms with Crippen molar-refractivity contribution in [1.29, 1.82) is 0 Å². The van der Waals surface area contributed by atoms with Crippen LogP contribution in [0.1, 0.15) is 26.1 Å². The number of nitrogens with zero attached hydrogens (tertiary/aromatic N) is 3. The van der Waals surface area contributed by atoms with Gasteiger partial charge in [0.05, 0.1) is 6.21 Å². The van der Waals surface area contributed by atoms with Gasteiger partial charge < -0.3 is 4.57 Å². The molecule has 1 aromatic heterocycles. The summed E-state index contributed by atoms with van der Waals surface area (Å²) in [6.45, 7) is 7.70. The summed E-state index contributed by atoms with van der Waals surface area (Å²) in [5.41, 5.74) is 0. The van der Waals surface area contributed by atoms with Gasteiger partial charge in [0.15, 0.2) is 5.82 Å². The molecule has 0 saturated heterocycles. The minimum absolute atomic E-state index is 0.833. The lowest BCUT2D eigenvalue weighted by molar-refractivity contribution is 0.902. The molecule has 72 valence electrons. The average Bonchev–Trinajstić information content (AvgIpc) is 2.49. The summed E-state index contributed by atoms with van der Waals surface area (Å²) in [5.74, 6) is 0.833. The molecule has 0 bridgehead atoms. The first-order valence-electron chi connectivity index (χ1n) is 4.37. The van der Waals surface area contributed by atoms with Crippen molar-refractivity contribution in [3.05, 3.63) is 31.0 Å². The molecular formula is C10H17N3. The Morgan fingerprint density at radius 3 is 2.62 bits per heavy atom. The fourth-order valence-corrected chi connectivity index (χ4v) is 0.621. The Bertz CT molecular complexity index is 261. The number of aryl methyl sites for hydroxylation is 1. The third-order valence-electron chi connectivity index (χ3n) is 1.15. The monoisotopic (exact) mass is 179 g/mol. The van der Waals surface area contributed by atoms with Gasteiger partial charge in [0, 0.05) is 25.6 Å². The third-order valence-corrected chi connectivity index (χ3v) is 1.15. The van der Waals surface area contributed by atoms with Crippen molar-refractivity contribution >= 4 is 6.21 Å². The molecule has 3 nitrogen and oxygen atoms in total. The number of hydrogen-bond donors (Lipinski definition) is 0. The Kier molecular flexibility index (Phi) is 6.51. The van der Waals surface area contributed by atoms with Gasteiger partial charge in [-0.3, -0.25) is 4.99 Å². The van der Waals surface area contributed by atoms with E-state index in [-0.39, 0.29) is 0 Å². The minimum Gasteiger partial charge on any atom is -0.333 e. The van der Waals surface area contributed by atoms with E-state index >= 15 is 0 Å². The first-order chi connectivity index (χ1) is 6.26. The predicted molar refractivity (Wildman–Crippen MR) is 57.0 cm³/mol. The molecule has 0 radical (unpaired) electrons. The summed E-state index contributed by atoms with van der Waals surface area (Å²) in [7, 11) is 1.91. The molecule has 0 N–H and O–H groups in total. The van der Waals surface area contributed by atoms with Crippen LogP contribution in [0.3, 0.4) is 0 Å². The number of aliphatic imine (C=N–C) groups is 1. The number of imidazole rings is 1. The standard InChI is InChI=1S/C7H9N3.C3H8/c1-3-8-6-7-9-4-5-10(7)2;1-3-2/h3-6H,1H2,2H3;3H2,1-2H3. The van der Waals surface area contributed by atoms with Gasteiger partial charge in [0.2, 0.25) is 0 Å². The Hall–Kier alpha value is -1.38. The molecule has 0 amide bonds. The second-order valence-electron chi connectivity index (χ2n) is 2.56. The van der Waals surface area contributed by atoms with Crippen molar-refractivity contribution < 1.29 is 0 Å². The van der Waals surface area contributed by atoms with Gasteiger partial charge in [-0.15, -0.1) is 0 Å². The van der Waals surface area contributed by atoms with E-state index in [0.717, 1.165) is 5.82 Å². The van der Waals surface area contributed by atoms with Crippen molar-refractivity contribution in [2.24, 2.45) is 12.0 Å². The van der Waals surface area contributed by atoms with Gasteiger partial charge in [-0.2, -0.15) is 0 Å². The Morgan fingerprint density at radius 1 is 1.62 bits per heavy atom. The Labute approximate surface area is 79.8 Å². The van der Waals surface area contributed by atoms with Crippen molar-refractivity contribution in [2.45, 2.75) is 20.3 Å². The van der Waals surface area contributed by atoms with E-state index in [1.807, 2.05) is 17.8 Å². The third kappa shape index (κ3) is 4.95. The van der Waals surface area contributed by atoms with E-state index in [1.165, 1.54) is 12.6 Å². The van der Waals surface area contributed by atoms with Gasteiger partial charge >= 0.3 is 0 Å². The van der Waals surface area contributed by atoms with Crippen molar-refractivity contribution in [1.82, 2.24) is 9.55 Å². The molecule has 0 aliphatic heterocycles. The molecule has 0 saturated carbocycles. The van der Waals surface area contributed by atoms with Gasteiger partial charge in [-0.1, -0.05) is 26.8 Å². The van der Waals surface area contributed by atoms with E-state index in [9.17, 15) is 0 Å². The van der Waals surface area contributed by atoms with Crippen LogP contribution in [0.25, 0.3) is 0 Å². The topological polar surface area (TPSA) is 30.2 Å². The smallest absolute Gasteiger partial charge is 0.150 e. The van der Waals surface area contributed by atoms with E-state index in [2.05, 4.69) is 30.4 Å². The van der Waals surface area contributed by atoms with Crippen LogP contribution in [0.4, 0.5) is 0 Å². The van der Waals surface area contributed by atoms with E-state index in [1.54, 1.807) is 12.4 Å². The average molecular weight is 179 g/mol. The highest BCUT2D eigenvalue weighted by Gasteiger charge is 1.90. The second kappa shape index (κ2) is 7.28. The molecule has 0 unspecified atom stereocenters. The number of rotatable bonds is 2. The van der Waals surface area contributed by atoms with Crippen LogP contribution in [0.15, 0.2) is 30.2 Å². The van der Waals surface area contributed by atoms with Gasteiger partial charge in [0.25, 0.3) is 0 Å². The van der Waals surface area contributed by atoms with Crippen molar-refractivity contribution in [2.75, 3.05) is 0 Å². The molecule has 0 aliphatic carbocycles. The summed E-state index contributed by atoms with van der Waals surface area (Å²) >= 11 is 0. The largest absolute Gasteiger partial charge is 0.333 e. The lowest BCUT2D eigenvalue weighted by Gasteiger charge is -1.89. The van der Waals surface area contributed by atoms with Gasteiger partial charge in [-0.25, -0.2) is 4.98 Å². The maximum atomic E-state index is 4.02. The lowest BCUT2D eigenvalue weighted by Crippen LogP contribution is -1.93. The molecule has 3 heteroatoms. The summed E-state index contributed by atoms with van der Waals surface area (Å²) in [4.78, 5) is 7.85. The maximum absolute atomic E-state index is 4.02. The molecular weight excluding hydrogens is 162 g/mol. The fourth-order valence-electron chi connectivity index (χ4n) is 0.621. The predicted octanol–water partition coefficient (Wildman–Crippen LogP) is 2.40. The van der Waals surface area contributed by atoms with Gasteiger partial charge in [0.1, 0.15) is 0 Å². The van der Waals surface area contributed by atoms with Crippen LogP contribution >= 0.6 is 0 Å². The molecule has 1 rings (SSSR count). The Morgan fingerprint density at radius 2 is 2.23 bits per heavy atom. The zero-order valence-corrected chi connectivity index (χ0v) is 8.57. The zero-order valence-electron chi connectivity index (χ0n) is 8.57. The lowest BCUT2D eigenvalue weighted by atomic mass is 10.6. The highest BCUT2D eigenvalue weighted by atomic mass is 15.0. The summed E-state index contributed by atoms with van der Waals surface area (Å²) in [5, 5.41) is 0. The van der Waals surface area contributed by atoms with Crippen LogP contribution < -0.4 is 0 Å². The molecule has 0 spiro atoms. The quantitative estimate of drug-likeness (QED) is 0.641. The highest BCUT2D eigenvalue weighted by Crippen LogP contribution is 1.88. The first-order valence-corrected chi connectivity index (χ1v) is 4.37. The number of aromatic nitrogens is 2. The first kappa shape index (κ1) is 11.6.